The molecule has 1 heterocycles. The van der Waals surface area contributed by atoms with Crippen LogP contribution in [-0.4, -0.2) is 17.7 Å². The molecule has 140 valence electrons. The first kappa shape index (κ1) is 19.9. The molecule has 0 saturated carbocycles. The molecule has 1 aromatic carbocycles. The van der Waals surface area contributed by atoms with Crippen molar-refractivity contribution < 1.29 is 32.5 Å². The molecular formula is C18H23F3O4. The Labute approximate surface area is 145 Å². The normalized spacial score (nSPS) is 27.5. The van der Waals surface area contributed by atoms with Gasteiger partial charge in [0.05, 0.1) is 0 Å². The zero-order chi connectivity index (χ0) is 18.9. The van der Waals surface area contributed by atoms with Crippen LogP contribution in [0, 0.1) is 5.41 Å². The molecule has 0 radical (unpaired) electrons. The van der Waals surface area contributed by atoms with E-state index in [2.05, 4.69) is 0 Å². The van der Waals surface area contributed by atoms with Gasteiger partial charge in [-0.25, -0.2) is 0 Å². The van der Waals surface area contributed by atoms with Gasteiger partial charge in [-0.2, -0.15) is 22.9 Å². The van der Waals surface area contributed by atoms with Crippen molar-refractivity contribution in [1.29, 1.82) is 0 Å². The lowest BCUT2D eigenvalue weighted by Crippen LogP contribution is -2.45. The molecule has 0 aromatic heterocycles. The summed E-state index contributed by atoms with van der Waals surface area (Å²) in [6.45, 7) is 6.50. The van der Waals surface area contributed by atoms with Crippen LogP contribution in [0.4, 0.5) is 13.2 Å². The lowest BCUT2D eigenvalue weighted by Gasteiger charge is -2.30. The van der Waals surface area contributed by atoms with Crippen LogP contribution in [-0.2, 0) is 25.1 Å². The Morgan fingerprint density at radius 2 is 1.72 bits per heavy atom. The second-order valence-electron chi connectivity index (χ2n) is 7.18. The minimum absolute atomic E-state index is 0.0242. The third-order valence-corrected chi connectivity index (χ3v) is 4.61. The molecule has 2 unspecified atom stereocenters. The van der Waals surface area contributed by atoms with E-state index in [0.29, 0.717) is 12.8 Å². The Morgan fingerprint density at radius 1 is 1.12 bits per heavy atom. The predicted molar refractivity (Wildman–Crippen MR) is 84.1 cm³/mol. The van der Waals surface area contributed by atoms with E-state index < -0.39 is 23.2 Å². The summed E-state index contributed by atoms with van der Waals surface area (Å²) in [5.74, 6) is -4.49. The highest BCUT2D eigenvalue weighted by Crippen LogP contribution is 2.51. The number of alkyl halides is 3. The van der Waals surface area contributed by atoms with Crippen LogP contribution in [0.2, 0.25) is 0 Å². The van der Waals surface area contributed by atoms with E-state index in [1.807, 2.05) is 0 Å². The lowest BCUT2D eigenvalue weighted by atomic mass is 9.83. The number of rotatable bonds is 6. The molecule has 0 spiro atoms. The number of ether oxygens (including phenoxy) is 1. The summed E-state index contributed by atoms with van der Waals surface area (Å²) in [7, 11) is 0. The summed E-state index contributed by atoms with van der Waals surface area (Å²) in [5, 5.41) is 0. The Morgan fingerprint density at radius 3 is 2.24 bits per heavy atom. The number of hydrogen-bond acceptors (Lipinski definition) is 4. The minimum atomic E-state index is -4.81. The van der Waals surface area contributed by atoms with Gasteiger partial charge >= 0.3 is 12.0 Å². The fourth-order valence-corrected chi connectivity index (χ4v) is 2.64. The van der Waals surface area contributed by atoms with Crippen LogP contribution in [0.15, 0.2) is 30.3 Å². The summed E-state index contributed by atoms with van der Waals surface area (Å²) < 4.78 is 46.4. The summed E-state index contributed by atoms with van der Waals surface area (Å²) in [4.78, 5) is 21.3. The van der Waals surface area contributed by atoms with Crippen LogP contribution in [0.3, 0.4) is 0 Å². The first-order chi connectivity index (χ1) is 11.4. The number of benzene rings is 1. The topological polar surface area (TPSA) is 44.8 Å². The van der Waals surface area contributed by atoms with Crippen LogP contribution in [0.5, 0.6) is 0 Å². The average molecular weight is 360 g/mol. The first-order valence-corrected chi connectivity index (χ1v) is 8.12. The molecule has 4 nitrogen and oxygen atoms in total. The Kier molecular flexibility index (Phi) is 5.33. The molecular weight excluding hydrogens is 337 g/mol. The standard InChI is InChI=1S/C18H23F3O4/c1-13(22)15(2,3)11-8-12-16(4)23-17(25-24-16,18(19,20)21)14-9-6-5-7-10-14/h5-7,9-10H,8,11-12H2,1-4H3. The number of Topliss-reactive ketones (excluding diaryl/α,β-unsaturated/α-hetero) is 1. The molecule has 1 aliphatic heterocycles. The monoisotopic (exact) mass is 360 g/mol. The van der Waals surface area contributed by atoms with Crippen LogP contribution in [0.1, 0.15) is 52.5 Å². The molecule has 1 fully saturated rings. The lowest BCUT2D eigenvalue weighted by molar-refractivity contribution is -0.421. The quantitative estimate of drug-likeness (QED) is 0.678. The number of carbonyl (C=O) groups is 1. The summed E-state index contributed by atoms with van der Waals surface area (Å²) in [6, 6.07) is 7.11. The molecule has 7 heteroatoms. The molecule has 0 N–H and O–H groups in total. The van der Waals surface area contributed by atoms with Crippen molar-refractivity contribution >= 4 is 5.78 Å². The van der Waals surface area contributed by atoms with E-state index in [1.165, 1.54) is 38.1 Å². The van der Waals surface area contributed by atoms with Gasteiger partial charge in [-0.15, -0.1) is 0 Å². The Hall–Kier alpha value is -1.44. The van der Waals surface area contributed by atoms with Gasteiger partial charge in [0, 0.05) is 17.4 Å². The molecule has 1 saturated heterocycles. The number of ketones is 1. The summed E-state index contributed by atoms with van der Waals surface area (Å²) >= 11 is 0. The van der Waals surface area contributed by atoms with Crippen molar-refractivity contribution in [3.8, 4) is 0 Å². The second kappa shape index (κ2) is 6.70. The molecule has 2 atom stereocenters. The van der Waals surface area contributed by atoms with E-state index in [-0.39, 0.29) is 17.8 Å². The number of carbonyl (C=O) groups excluding carboxylic acids is 1. The fraction of sp³-hybridized carbons (Fsp3) is 0.611. The maximum atomic E-state index is 13.7. The average Bonchev–Trinajstić information content (AvgIpc) is 2.87. The van der Waals surface area contributed by atoms with Crippen LogP contribution < -0.4 is 0 Å². The smallest absolute Gasteiger partial charge is 0.301 e. The minimum Gasteiger partial charge on any atom is -0.301 e. The Bertz CT molecular complexity index is 614. The molecule has 1 aromatic rings. The SMILES string of the molecule is CC(=O)C(C)(C)CCCC1(C)OOC(c2ccccc2)(C(F)(F)F)O1. The van der Waals surface area contributed by atoms with Gasteiger partial charge in [0.1, 0.15) is 5.78 Å². The van der Waals surface area contributed by atoms with E-state index in [1.54, 1.807) is 19.9 Å². The molecule has 1 aliphatic rings. The fourth-order valence-electron chi connectivity index (χ4n) is 2.64. The van der Waals surface area contributed by atoms with Gasteiger partial charge < -0.3 is 4.74 Å². The van der Waals surface area contributed by atoms with E-state index in [9.17, 15) is 18.0 Å². The molecule has 25 heavy (non-hydrogen) atoms. The van der Waals surface area contributed by atoms with Gasteiger partial charge in [0.25, 0.3) is 0 Å². The number of hydrogen-bond donors (Lipinski definition) is 0. The van der Waals surface area contributed by atoms with Gasteiger partial charge in [-0.3, -0.25) is 4.79 Å². The van der Waals surface area contributed by atoms with Gasteiger partial charge in [-0.1, -0.05) is 44.2 Å². The second-order valence-corrected chi connectivity index (χ2v) is 7.18. The van der Waals surface area contributed by atoms with Gasteiger partial charge in [-0.05, 0) is 26.7 Å². The number of halogens is 3. The first-order valence-electron chi connectivity index (χ1n) is 8.12. The van der Waals surface area contributed by atoms with Crippen LogP contribution >= 0.6 is 0 Å². The van der Waals surface area contributed by atoms with Gasteiger partial charge in [0.15, 0.2) is 0 Å². The highest BCUT2D eigenvalue weighted by molar-refractivity contribution is 5.81. The van der Waals surface area contributed by atoms with Crippen molar-refractivity contribution in [2.24, 2.45) is 5.41 Å². The van der Waals surface area contributed by atoms with Crippen molar-refractivity contribution in [3.63, 3.8) is 0 Å². The van der Waals surface area contributed by atoms with Gasteiger partial charge in [0.2, 0.25) is 5.79 Å². The summed E-state index contributed by atoms with van der Waals surface area (Å²) in [6.07, 6.45) is -3.69. The maximum absolute atomic E-state index is 13.7. The van der Waals surface area contributed by atoms with E-state index in [4.69, 9.17) is 14.5 Å². The van der Waals surface area contributed by atoms with Crippen molar-refractivity contribution in [1.82, 2.24) is 0 Å². The highest BCUT2D eigenvalue weighted by atomic mass is 19.4. The van der Waals surface area contributed by atoms with E-state index >= 15 is 0 Å². The third-order valence-electron chi connectivity index (χ3n) is 4.61. The predicted octanol–water partition coefficient (Wildman–Crippen LogP) is 4.88. The van der Waals surface area contributed by atoms with E-state index in [0.717, 1.165) is 0 Å². The molecule has 2 rings (SSSR count). The van der Waals surface area contributed by atoms with Crippen LogP contribution in [0.25, 0.3) is 0 Å². The highest BCUT2D eigenvalue weighted by Gasteiger charge is 2.67. The molecule has 0 bridgehead atoms. The maximum Gasteiger partial charge on any atom is 0.451 e. The third kappa shape index (κ3) is 4.04. The summed E-state index contributed by atoms with van der Waals surface area (Å²) in [5.41, 5.74) is -0.730. The largest absolute Gasteiger partial charge is 0.451 e. The molecule has 0 aliphatic carbocycles. The van der Waals surface area contributed by atoms with Crippen molar-refractivity contribution in [2.75, 3.05) is 0 Å². The Balaban J connectivity index is 2.15. The molecule has 0 amide bonds. The van der Waals surface area contributed by atoms with Crippen molar-refractivity contribution in [2.45, 2.75) is 64.7 Å². The zero-order valence-corrected chi connectivity index (χ0v) is 14.8. The van der Waals surface area contributed by atoms with Crippen molar-refractivity contribution in [3.05, 3.63) is 35.9 Å². The zero-order valence-electron chi connectivity index (χ0n) is 14.8.